The molecule has 0 aliphatic heterocycles. The summed E-state index contributed by atoms with van der Waals surface area (Å²) in [5.74, 6) is 0. The smallest absolute Gasteiger partial charge is 0.748 e. The molecule has 29 heavy (non-hydrogen) atoms. The first-order valence-electron chi connectivity index (χ1n) is 12.0. The van der Waals surface area contributed by atoms with Crippen LogP contribution >= 0.6 is 0 Å². The van der Waals surface area contributed by atoms with E-state index in [1.54, 1.807) is 0 Å². The summed E-state index contributed by atoms with van der Waals surface area (Å²) in [5, 5.41) is 8.83. The largest absolute Gasteiger partial charge is 1.00 e. The maximum atomic E-state index is 11.5. The molecule has 0 aromatic carbocycles. The topological polar surface area (TPSA) is 77.4 Å². The minimum Gasteiger partial charge on any atom is -0.748 e. The minimum atomic E-state index is -4.15. The van der Waals surface area contributed by atoms with Crippen molar-refractivity contribution in [1.29, 1.82) is 0 Å². The van der Waals surface area contributed by atoms with Crippen LogP contribution in [0.1, 0.15) is 136 Å². The number of aliphatic hydroxyl groups is 1. The van der Waals surface area contributed by atoms with Gasteiger partial charge in [0.2, 0.25) is 0 Å². The van der Waals surface area contributed by atoms with Crippen LogP contribution in [0.15, 0.2) is 0 Å². The molecule has 1 N–H and O–H groups in total. The van der Waals surface area contributed by atoms with Crippen LogP contribution in [0.5, 0.6) is 0 Å². The van der Waals surface area contributed by atoms with Crippen molar-refractivity contribution in [3.05, 3.63) is 0 Å². The average Bonchev–Trinajstić information content (AvgIpc) is 2.65. The maximum absolute atomic E-state index is 11.5. The summed E-state index contributed by atoms with van der Waals surface area (Å²) >= 11 is 0. The summed E-state index contributed by atoms with van der Waals surface area (Å²) in [7, 11) is -4.15. The number of aliphatic hydroxyl groups excluding tert-OH is 1. The zero-order chi connectivity index (χ0) is 21.1. The molecule has 2 unspecified atom stereocenters. The van der Waals surface area contributed by atoms with Gasteiger partial charge in [0.25, 0.3) is 0 Å². The van der Waals surface area contributed by atoms with Gasteiger partial charge < -0.3 is 9.66 Å². The zero-order valence-corrected chi connectivity index (χ0v) is 22.5. The van der Waals surface area contributed by atoms with Crippen LogP contribution in [0, 0.1) is 0 Å². The molecule has 4 nitrogen and oxygen atoms in total. The van der Waals surface area contributed by atoms with E-state index in [1.807, 2.05) is 6.92 Å². The van der Waals surface area contributed by atoms with Crippen LogP contribution in [0.2, 0.25) is 0 Å². The van der Waals surface area contributed by atoms with Crippen molar-refractivity contribution in [3.63, 3.8) is 0 Å². The third-order valence-electron chi connectivity index (χ3n) is 5.82. The van der Waals surface area contributed by atoms with Crippen molar-refractivity contribution < 1.29 is 47.6 Å². The second-order valence-corrected chi connectivity index (χ2v) is 10.1. The molecule has 0 saturated carbocycles. The Morgan fingerprint density at radius 1 is 0.655 bits per heavy atom. The quantitative estimate of drug-likeness (QED) is 0.167. The van der Waals surface area contributed by atoms with Gasteiger partial charge in [0.15, 0.2) is 0 Å². The van der Waals surface area contributed by atoms with E-state index in [2.05, 4.69) is 6.92 Å². The molecule has 0 aliphatic rings. The monoisotopic (exact) mass is 442 g/mol. The Balaban J connectivity index is 0. The van der Waals surface area contributed by atoms with Gasteiger partial charge in [-0.15, -0.1) is 0 Å². The first-order valence-corrected chi connectivity index (χ1v) is 13.5. The van der Waals surface area contributed by atoms with E-state index >= 15 is 0 Å². The van der Waals surface area contributed by atoms with E-state index in [0.29, 0.717) is 12.8 Å². The Kier molecular flexibility index (Phi) is 24.4. The Morgan fingerprint density at radius 3 is 1.34 bits per heavy atom. The first kappa shape index (κ1) is 32.1. The van der Waals surface area contributed by atoms with E-state index in [0.717, 1.165) is 57.8 Å². The van der Waals surface area contributed by atoms with Gasteiger partial charge in [-0.05, 0) is 25.7 Å². The Morgan fingerprint density at radius 2 is 1.00 bits per heavy atom. The molecule has 0 aromatic rings. The van der Waals surface area contributed by atoms with Crippen LogP contribution in [0.4, 0.5) is 0 Å². The molecular weight excluding hydrogens is 395 g/mol. The fourth-order valence-electron chi connectivity index (χ4n) is 3.78. The van der Waals surface area contributed by atoms with Crippen molar-refractivity contribution in [2.24, 2.45) is 0 Å². The van der Waals surface area contributed by atoms with Gasteiger partial charge in [-0.3, -0.25) is 0 Å². The van der Waals surface area contributed by atoms with Crippen LogP contribution in [-0.2, 0) is 10.1 Å². The van der Waals surface area contributed by atoms with Gasteiger partial charge in [0.1, 0.15) is 0 Å². The van der Waals surface area contributed by atoms with Gasteiger partial charge in [-0.25, -0.2) is 8.42 Å². The SMILES string of the molecule is CCCCCCCCCC(CCCCCCCCCCC(O)CC)S(=O)(=O)[O-].[Na+]. The molecule has 0 aliphatic carbocycles. The second kappa shape index (κ2) is 22.1. The summed E-state index contributed by atoms with van der Waals surface area (Å²) in [5.41, 5.74) is 0. The molecule has 0 bridgehead atoms. The molecule has 0 saturated heterocycles. The Hall–Kier alpha value is 0.870. The van der Waals surface area contributed by atoms with Gasteiger partial charge in [0, 0.05) is 5.25 Å². The average molecular weight is 443 g/mol. The zero-order valence-electron chi connectivity index (χ0n) is 19.7. The van der Waals surface area contributed by atoms with Gasteiger partial charge in [0.05, 0.1) is 16.2 Å². The van der Waals surface area contributed by atoms with Gasteiger partial charge in [-0.1, -0.05) is 110 Å². The predicted molar refractivity (Wildman–Crippen MR) is 119 cm³/mol. The number of unbranched alkanes of at least 4 members (excludes halogenated alkanes) is 13. The molecule has 0 heterocycles. The van der Waals surface area contributed by atoms with E-state index in [9.17, 15) is 18.1 Å². The third kappa shape index (κ3) is 21.9. The maximum Gasteiger partial charge on any atom is 1.00 e. The molecular formula is C23H47NaO4S. The van der Waals surface area contributed by atoms with Crippen LogP contribution in [-0.4, -0.2) is 29.4 Å². The van der Waals surface area contributed by atoms with Crippen LogP contribution < -0.4 is 29.6 Å². The van der Waals surface area contributed by atoms with Crippen molar-refractivity contribution >= 4 is 10.1 Å². The number of hydrogen-bond acceptors (Lipinski definition) is 4. The number of hydrogen-bond donors (Lipinski definition) is 1. The van der Waals surface area contributed by atoms with Gasteiger partial charge >= 0.3 is 29.6 Å². The normalized spacial score (nSPS) is 13.8. The summed E-state index contributed by atoms with van der Waals surface area (Å²) in [6.45, 7) is 4.21. The minimum absolute atomic E-state index is 0. The van der Waals surface area contributed by atoms with Crippen molar-refractivity contribution in [2.75, 3.05) is 0 Å². The van der Waals surface area contributed by atoms with E-state index < -0.39 is 15.4 Å². The second-order valence-electron chi connectivity index (χ2n) is 8.49. The van der Waals surface area contributed by atoms with Crippen molar-refractivity contribution in [3.8, 4) is 0 Å². The van der Waals surface area contributed by atoms with Crippen LogP contribution in [0.25, 0.3) is 0 Å². The molecule has 0 radical (unpaired) electrons. The molecule has 170 valence electrons. The molecule has 0 rings (SSSR count). The molecule has 0 aromatic heterocycles. The summed E-state index contributed by atoms with van der Waals surface area (Å²) in [4.78, 5) is 0. The summed E-state index contributed by atoms with van der Waals surface area (Å²) in [6, 6.07) is 0. The fourth-order valence-corrected chi connectivity index (χ4v) is 4.69. The standard InChI is InChI=1S/C23H48O4S.Na/c1-3-5-6-7-10-14-17-20-23(28(25,26)27)21-18-15-12-9-8-11-13-16-19-22(24)4-2;/h22-24H,3-21H2,1-2H3,(H,25,26,27);/q;+1/p-1. The van der Waals surface area contributed by atoms with Crippen LogP contribution in [0.3, 0.4) is 0 Å². The fraction of sp³-hybridized carbons (Fsp3) is 1.00. The van der Waals surface area contributed by atoms with E-state index in [-0.39, 0.29) is 35.7 Å². The molecule has 0 amide bonds. The Labute approximate surface area is 204 Å². The van der Waals surface area contributed by atoms with Crippen molar-refractivity contribution in [2.45, 2.75) is 147 Å². The summed E-state index contributed by atoms with van der Waals surface area (Å²) in [6.07, 6.45) is 19.7. The molecule has 0 fully saturated rings. The molecule has 6 heteroatoms. The predicted octanol–water partition coefficient (Wildman–Crippen LogP) is 3.72. The van der Waals surface area contributed by atoms with E-state index in [4.69, 9.17) is 0 Å². The third-order valence-corrected chi connectivity index (χ3v) is 7.11. The number of rotatable bonds is 21. The summed E-state index contributed by atoms with van der Waals surface area (Å²) < 4.78 is 34.5. The van der Waals surface area contributed by atoms with E-state index in [1.165, 1.54) is 51.4 Å². The van der Waals surface area contributed by atoms with Gasteiger partial charge in [-0.2, -0.15) is 0 Å². The van der Waals surface area contributed by atoms with Crippen molar-refractivity contribution in [1.82, 2.24) is 0 Å². The molecule has 2 atom stereocenters. The Bertz CT molecular complexity index is 429. The molecule has 0 spiro atoms. The first-order chi connectivity index (χ1) is 13.4.